The van der Waals surface area contributed by atoms with Gasteiger partial charge in [0.2, 0.25) is 5.91 Å². The van der Waals surface area contributed by atoms with E-state index < -0.39 is 12.0 Å². The van der Waals surface area contributed by atoms with Gasteiger partial charge in [-0.3, -0.25) is 14.4 Å². The molecule has 2 fully saturated rings. The summed E-state index contributed by atoms with van der Waals surface area (Å²) in [5, 5.41) is 2.72. The van der Waals surface area contributed by atoms with E-state index in [-0.39, 0.29) is 30.4 Å². The highest BCUT2D eigenvalue weighted by Gasteiger charge is 2.35. The number of rotatable bonds is 8. The molecule has 3 atom stereocenters. The molecule has 0 spiro atoms. The highest BCUT2D eigenvalue weighted by atomic mass is 16.5. The monoisotopic (exact) mass is 418 g/mol. The number of piperazine rings is 1. The van der Waals surface area contributed by atoms with Gasteiger partial charge in [0.05, 0.1) is 18.6 Å². The van der Waals surface area contributed by atoms with Crippen LogP contribution >= 0.6 is 0 Å². The maximum atomic E-state index is 13.0. The summed E-state index contributed by atoms with van der Waals surface area (Å²) in [5.41, 5.74) is 0.439. The Morgan fingerprint density at radius 1 is 1.30 bits per heavy atom. The molecule has 3 rings (SSSR count). The Labute approximate surface area is 176 Å². The molecule has 0 aromatic heterocycles. The normalized spacial score (nSPS) is 22.3. The van der Waals surface area contributed by atoms with Gasteiger partial charge in [-0.2, -0.15) is 0 Å². The topological polar surface area (TPSA) is 94.2 Å². The lowest BCUT2D eigenvalue weighted by atomic mass is 10.1. The summed E-state index contributed by atoms with van der Waals surface area (Å²) in [7, 11) is 0. The van der Waals surface area contributed by atoms with Crippen LogP contribution in [0.15, 0.2) is 24.3 Å². The SMILES string of the molecule is CCC(C)OC(=O)CC1C(=O)NCCN1C(=O)c1ccc(OCC2CCCO2)cc1. The zero-order chi connectivity index (χ0) is 21.5. The Hall–Kier alpha value is -2.61. The minimum atomic E-state index is -0.877. The lowest BCUT2D eigenvalue weighted by Crippen LogP contribution is -2.57. The average molecular weight is 418 g/mol. The first-order valence-corrected chi connectivity index (χ1v) is 10.6. The van der Waals surface area contributed by atoms with Gasteiger partial charge in [0.25, 0.3) is 5.91 Å². The zero-order valence-corrected chi connectivity index (χ0v) is 17.6. The zero-order valence-electron chi connectivity index (χ0n) is 17.6. The van der Waals surface area contributed by atoms with Crippen molar-refractivity contribution in [3.63, 3.8) is 0 Å². The average Bonchev–Trinajstić information content (AvgIpc) is 3.27. The second kappa shape index (κ2) is 10.4. The summed E-state index contributed by atoms with van der Waals surface area (Å²) >= 11 is 0. The summed E-state index contributed by atoms with van der Waals surface area (Å²) in [6, 6.07) is 5.94. The van der Waals surface area contributed by atoms with Crippen LogP contribution in [-0.4, -0.2) is 67.2 Å². The Morgan fingerprint density at radius 3 is 2.73 bits per heavy atom. The van der Waals surface area contributed by atoms with Gasteiger partial charge < -0.3 is 24.4 Å². The van der Waals surface area contributed by atoms with Crippen LogP contribution in [0.1, 0.15) is 49.9 Å². The van der Waals surface area contributed by atoms with Crippen LogP contribution in [0.2, 0.25) is 0 Å². The molecule has 1 aromatic carbocycles. The predicted molar refractivity (Wildman–Crippen MR) is 109 cm³/mol. The third kappa shape index (κ3) is 5.72. The second-order valence-corrected chi connectivity index (χ2v) is 7.69. The van der Waals surface area contributed by atoms with E-state index in [9.17, 15) is 14.4 Å². The molecule has 8 nitrogen and oxygen atoms in total. The number of amides is 2. The highest BCUT2D eigenvalue weighted by molar-refractivity contribution is 5.99. The van der Waals surface area contributed by atoms with Crippen molar-refractivity contribution < 1.29 is 28.6 Å². The fourth-order valence-electron chi connectivity index (χ4n) is 3.50. The summed E-state index contributed by atoms with van der Waals surface area (Å²) in [5.74, 6) is -0.460. The van der Waals surface area contributed by atoms with Crippen LogP contribution in [0.4, 0.5) is 0 Å². The number of benzene rings is 1. The Balaban J connectivity index is 1.62. The molecule has 1 N–H and O–H groups in total. The van der Waals surface area contributed by atoms with E-state index in [1.54, 1.807) is 31.2 Å². The predicted octanol–water partition coefficient (Wildman–Crippen LogP) is 1.92. The quantitative estimate of drug-likeness (QED) is 0.648. The molecule has 1 aromatic rings. The van der Waals surface area contributed by atoms with Crippen LogP contribution in [0.5, 0.6) is 5.75 Å². The molecule has 2 aliphatic heterocycles. The largest absolute Gasteiger partial charge is 0.491 e. The van der Waals surface area contributed by atoms with Gasteiger partial charge in [-0.15, -0.1) is 0 Å². The molecular weight excluding hydrogens is 388 g/mol. The maximum Gasteiger partial charge on any atom is 0.308 e. The summed E-state index contributed by atoms with van der Waals surface area (Å²) in [4.78, 5) is 39.0. The molecule has 164 valence electrons. The van der Waals surface area contributed by atoms with Crippen LogP contribution in [0.25, 0.3) is 0 Å². The van der Waals surface area contributed by atoms with Crippen molar-refractivity contribution in [1.29, 1.82) is 0 Å². The summed E-state index contributed by atoms with van der Waals surface area (Å²) in [6.07, 6.45) is 2.46. The molecule has 0 aliphatic carbocycles. The van der Waals surface area contributed by atoms with Crippen molar-refractivity contribution in [2.45, 2.75) is 57.8 Å². The first-order valence-electron chi connectivity index (χ1n) is 10.6. The van der Waals surface area contributed by atoms with Crippen molar-refractivity contribution in [3.8, 4) is 5.75 Å². The van der Waals surface area contributed by atoms with Crippen molar-refractivity contribution in [3.05, 3.63) is 29.8 Å². The smallest absolute Gasteiger partial charge is 0.308 e. The van der Waals surface area contributed by atoms with Crippen LogP contribution in [0.3, 0.4) is 0 Å². The summed E-state index contributed by atoms with van der Waals surface area (Å²) < 4.78 is 16.6. The van der Waals surface area contributed by atoms with Crippen molar-refractivity contribution >= 4 is 17.8 Å². The minimum Gasteiger partial charge on any atom is -0.491 e. The van der Waals surface area contributed by atoms with Gasteiger partial charge in [-0.1, -0.05) is 6.92 Å². The molecule has 0 radical (unpaired) electrons. The fraction of sp³-hybridized carbons (Fsp3) is 0.591. The number of nitrogens with one attached hydrogen (secondary N) is 1. The fourth-order valence-corrected chi connectivity index (χ4v) is 3.50. The molecule has 2 saturated heterocycles. The van der Waals surface area contributed by atoms with Crippen molar-refractivity contribution in [2.75, 3.05) is 26.3 Å². The number of hydrogen-bond donors (Lipinski definition) is 1. The van der Waals surface area contributed by atoms with Gasteiger partial charge in [-0.25, -0.2) is 0 Å². The Morgan fingerprint density at radius 2 is 2.07 bits per heavy atom. The molecule has 30 heavy (non-hydrogen) atoms. The Bertz CT molecular complexity index is 744. The van der Waals surface area contributed by atoms with Gasteiger partial charge >= 0.3 is 5.97 Å². The van der Waals surface area contributed by atoms with Gasteiger partial charge in [0, 0.05) is 25.3 Å². The molecule has 0 saturated carbocycles. The first-order chi connectivity index (χ1) is 14.5. The van der Waals surface area contributed by atoms with Gasteiger partial charge in [-0.05, 0) is 50.5 Å². The van der Waals surface area contributed by atoms with E-state index in [0.29, 0.717) is 37.4 Å². The lowest BCUT2D eigenvalue weighted by Gasteiger charge is -2.34. The second-order valence-electron chi connectivity index (χ2n) is 7.69. The third-order valence-corrected chi connectivity index (χ3v) is 5.42. The molecule has 2 aliphatic rings. The number of nitrogens with zero attached hydrogens (tertiary/aromatic N) is 1. The van der Waals surface area contributed by atoms with Crippen LogP contribution in [-0.2, 0) is 19.1 Å². The van der Waals surface area contributed by atoms with E-state index in [4.69, 9.17) is 14.2 Å². The molecule has 8 heteroatoms. The summed E-state index contributed by atoms with van der Waals surface area (Å²) in [6.45, 7) is 5.66. The number of ether oxygens (including phenoxy) is 3. The number of carbonyl (C=O) groups is 3. The number of hydrogen-bond acceptors (Lipinski definition) is 6. The van der Waals surface area contributed by atoms with E-state index in [2.05, 4.69) is 5.32 Å². The van der Waals surface area contributed by atoms with Crippen molar-refractivity contribution in [1.82, 2.24) is 10.2 Å². The minimum absolute atomic E-state index is 0.120. The number of esters is 1. The molecule has 2 amide bonds. The Kier molecular flexibility index (Phi) is 7.68. The van der Waals surface area contributed by atoms with Gasteiger partial charge in [0.15, 0.2) is 0 Å². The van der Waals surface area contributed by atoms with E-state index >= 15 is 0 Å². The van der Waals surface area contributed by atoms with E-state index in [1.165, 1.54) is 4.90 Å². The molecule has 3 unspecified atom stereocenters. The van der Waals surface area contributed by atoms with Crippen molar-refractivity contribution in [2.24, 2.45) is 0 Å². The van der Waals surface area contributed by atoms with Crippen LogP contribution < -0.4 is 10.1 Å². The van der Waals surface area contributed by atoms with Crippen LogP contribution in [0, 0.1) is 0 Å². The lowest BCUT2D eigenvalue weighted by molar-refractivity contribution is -0.151. The van der Waals surface area contributed by atoms with E-state index in [1.807, 2.05) is 6.92 Å². The standard InChI is InChI=1S/C22H30N2O6/c1-3-15(2)30-20(25)13-19-21(26)23-10-11-24(19)22(27)16-6-8-17(9-7-16)29-14-18-5-4-12-28-18/h6-9,15,18-19H,3-5,10-14H2,1-2H3,(H,23,26). The maximum absolute atomic E-state index is 13.0. The first kappa shape index (κ1) is 22.1. The molecule has 0 bridgehead atoms. The molecular formula is C22H30N2O6. The third-order valence-electron chi connectivity index (χ3n) is 5.42. The van der Waals surface area contributed by atoms with E-state index in [0.717, 1.165) is 19.4 Å². The molecule has 2 heterocycles. The highest BCUT2D eigenvalue weighted by Crippen LogP contribution is 2.19. The van der Waals surface area contributed by atoms with Gasteiger partial charge in [0.1, 0.15) is 18.4 Å². The number of carbonyl (C=O) groups excluding carboxylic acids is 3.